The lowest BCUT2D eigenvalue weighted by molar-refractivity contribution is 0.0974. The highest BCUT2D eigenvalue weighted by molar-refractivity contribution is 6.06. The fourth-order valence-electron chi connectivity index (χ4n) is 3.17. The fourth-order valence-corrected chi connectivity index (χ4v) is 3.17. The van der Waals surface area contributed by atoms with Gasteiger partial charge in [-0.15, -0.1) is 0 Å². The SMILES string of the molecule is Cc1cc2nccc(C(=O)N3c4ccccc4CC3C)n2n1. The van der Waals surface area contributed by atoms with E-state index in [0.29, 0.717) is 11.3 Å². The average molecular weight is 292 g/mol. The first-order valence-electron chi connectivity index (χ1n) is 7.38. The van der Waals surface area contributed by atoms with E-state index in [0.717, 1.165) is 17.8 Å². The zero-order chi connectivity index (χ0) is 15.3. The lowest BCUT2D eigenvalue weighted by atomic mass is 10.1. The molecule has 110 valence electrons. The predicted octanol–water partition coefficient (Wildman–Crippen LogP) is 2.63. The number of carbonyl (C=O) groups is 1. The summed E-state index contributed by atoms with van der Waals surface area (Å²) < 4.78 is 1.63. The summed E-state index contributed by atoms with van der Waals surface area (Å²) >= 11 is 0. The van der Waals surface area contributed by atoms with Crippen LogP contribution in [0.25, 0.3) is 5.65 Å². The van der Waals surface area contributed by atoms with Crippen molar-refractivity contribution in [3.8, 4) is 0 Å². The number of rotatable bonds is 1. The molecular weight excluding hydrogens is 276 g/mol. The molecule has 0 radical (unpaired) electrons. The molecule has 1 aliphatic rings. The first kappa shape index (κ1) is 13.0. The third-order valence-electron chi connectivity index (χ3n) is 4.13. The standard InChI is InChI=1S/C17H16N4O/c1-11-9-16-18-8-7-15(21(16)19-11)17(22)20-12(2)10-13-5-3-4-6-14(13)20/h3-9,12H,10H2,1-2H3. The summed E-state index contributed by atoms with van der Waals surface area (Å²) in [6.07, 6.45) is 2.55. The smallest absolute Gasteiger partial charge is 0.277 e. The fraction of sp³-hybridized carbons (Fsp3) is 0.235. The van der Waals surface area contributed by atoms with Crippen LogP contribution in [0.3, 0.4) is 0 Å². The lowest BCUT2D eigenvalue weighted by Crippen LogP contribution is -2.36. The molecule has 0 spiro atoms. The Bertz CT molecular complexity index is 883. The van der Waals surface area contributed by atoms with Crippen LogP contribution in [0, 0.1) is 6.92 Å². The second-order valence-corrected chi connectivity index (χ2v) is 5.74. The van der Waals surface area contributed by atoms with Crippen molar-refractivity contribution in [2.75, 3.05) is 4.90 Å². The van der Waals surface area contributed by atoms with Crippen molar-refractivity contribution in [3.05, 3.63) is 59.5 Å². The van der Waals surface area contributed by atoms with Gasteiger partial charge >= 0.3 is 0 Å². The van der Waals surface area contributed by atoms with Gasteiger partial charge < -0.3 is 4.90 Å². The Kier molecular flexibility index (Phi) is 2.76. The molecule has 0 saturated heterocycles. The molecule has 0 aliphatic carbocycles. The van der Waals surface area contributed by atoms with E-state index in [9.17, 15) is 4.79 Å². The number of benzene rings is 1. The van der Waals surface area contributed by atoms with Crippen LogP contribution in [0.15, 0.2) is 42.6 Å². The van der Waals surface area contributed by atoms with E-state index in [4.69, 9.17) is 0 Å². The molecule has 1 amide bonds. The molecular formula is C17H16N4O. The molecule has 0 N–H and O–H groups in total. The minimum Gasteiger partial charge on any atom is -0.304 e. The summed E-state index contributed by atoms with van der Waals surface area (Å²) in [5.41, 5.74) is 4.30. The van der Waals surface area contributed by atoms with Gasteiger partial charge in [0.15, 0.2) is 5.65 Å². The molecule has 1 aromatic carbocycles. The quantitative estimate of drug-likeness (QED) is 0.693. The maximum absolute atomic E-state index is 13.1. The van der Waals surface area contributed by atoms with Gasteiger partial charge in [0.05, 0.1) is 5.69 Å². The number of aromatic nitrogens is 3. The summed E-state index contributed by atoms with van der Waals surface area (Å²) in [5, 5.41) is 4.39. The molecule has 0 fully saturated rings. The van der Waals surface area contributed by atoms with E-state index in [1.54, 1.807) is 16.8 Å². The van der Waals surface area contributed by atoms with Crippen molar-refractivity contribution >= 4 is 17.2 Å². The third kappa shape index (κ3) is 1.82. The highest BCUT2D eigenvalue weighted by Gasteiger charge is 2.32. The summed E-state index contributed by atoms with van der Waals surface area (Å²) in [4.78, 5) is 19.2. The minimum absolute atomic E-state index is 0.0343. The summed E-state index contributed by atoms with van der Waals surface area (Å²) in [6.45, 7) is 3.97. The number of hydrogen-bond donors (Lipinski definition) is 0. The minimum atomic E-state index is -0.0343. The first-order chi connectivity index (χ1) is 10.6. The average Bonchev–Trinajstić information content (AvgIpc) is 3.04. The molecule has 5 nitrogen and oxygen atoms in total. The number of nitrogens with zero attached hydrogens (tertiary/aromatic N) is 4. The van der Waals surface area contributed by atoms with Gasteiger partial charge in [0.2, 0.25) is 0 Å². The van der Waals surface area contributed by atoms with E-state index in [2.05, 4.69) is 23.1 Å². The number of anilines is 1. The second-order valence-electron chi connectivity index (χ2n) is 5.74. The van der Waals surface area contributed by atoms with Gasteiger partial charge in [0.1, 0.15) is 5.69 Å². The van der Waals surface area contributed by atoms with E-state index < -0.39 is 0 Å². The molecule has 5 heteroatoms. The molecule has 1 atom stereocenters. The number of aryl methyl sites for hydroxylation is 1. The van der Waals surface area contributed by atoms with Crippen molar-refractivity contribution in [1.82, 2.24) is 14.6 Å². The second kappa shape index (κ2) is 4.66. The first-order valence-corrected chi connectivity index (χ1v) is 7.38. The van der Waals surface area contributed by atoms with Gasteiger partial charge in [0, 0.05) is 24.0 Å². The van der Waals surface area contributed by atoms with Crippen LogP contribution in [0.4, 0.5) is 5.69 Å². The third-order valence-corrected chi connectivity index (χ3v) is 4.13. The summed E-state index contributed by atoms with van der Waals surface area (Å²) in [7, 11) is 0. The van der Waals surface area contributed by atoms with Crippen LogP contribution in [0.2, 0.25) is 0 Å². The molecule has 0 bridgehead atoms. The Hall–Kier alpha value is -2.69. The Morgan fingerprint density at radius 2 is 2.09 bits per heavy atom. The van der Waals surface area contributed by atoms with Crippen molar-refractivity contribution in [2.24, 2.45) is 0 Å². The molecule has 1 unspecified atom stereocenters. The van der Waals surface area contributed by atoms with Crippen LogP contribution >= 0.6 is 0 Å². The van der Waals surface area contributed by atoms with Crippen LogP contribution in [0.5, 0.6) is 0 Å². The van der Waals surface area contributed by atoms with Crippen LogP contribution in [-0.4, -0.2) is 26.5 Å². The van der Waals surface area contributed by atoms with Crippen LogP contribution in [-0.2, 0) is 6.42 Å². The number of carbonyl (C=O) groups excluding carboxylic acids is 1. The predicted molar refractivity (Wildman–Crippen MR) is 84.1 cm³/mol. The number of amides is 1. The van der Waals surface area contributed by atoms with E-state index in [-0.39, 0.29) is 11.9 Å². The summed E-state index contributed by atoms with van der Waals surface area (Å²) in [6, 6.07) is 11.8. The highest BCUT2D eigenvalue weighted by Crippen LogP contribution is 2.32. The molecule has 22 heavy (non-hydrogen) atoms. The van der Waals surface area contributed by atoms with Gasteiger partial charge in [0.25, 0.3) is 5.91 Å². The normalized spacial score (nSPS) is 17.0. The summed E-state index contributed by atoms with van der Waals surface area (Å²) in [5.74, 6) is -0.0343. The number of hydrogen-bond acceptors (Lipinski definition) is 3. The van der Waals surface area contributed by atoms with E-state index in [1.807, 2.05) is 36.1 Å². The molecule has 4 rings (SSSR count). The molecule has 2 aromatic heterocycles. The van der Waals surface area contributed by atoms with Crippen molar-refractivity contribution in [2.45, 2.75) is 26.3 Å². The zero-order valence-corrected chi connectivity index (χ0v) is 12.5. The van der Waals surface area contributed by atoms with Gasteiger partial charge in [-0.1, -0.05) is 18.2 Å². The molecule has 1 aliphatic heterocycles. The van der Waals surface area contributed by atoms with Gasteiger partial charge in [-0.2, -0.15) is 5.10 Å². The molecule has 3 aromatic rings. The maximum atomic E-state index is 13.1. The van der Waals surface area contributed by atoms with Gasteiger partial charge in [-0.25, -0.2) is 9.50 Å². The van der Waals surface area contributed by atoms with Crippen molar-refractivity contribution in [1.29, 1.82) is 0 Å². The molecule has 3 heterocycles. The van der Waals surface area contributed by atoms with Gasteiger partial charge in [-0.3, -0.25) is 4.79 Å². The number of fused-ring (bicyclic) bond motifs is 2. The van der Waals surface area contributed by atoms with Crippen molar-refractivity contribution < 1.29 is 4.79 Å². The van der Waals surface area contributed by atoms with Gasteiger partial charge in [-0.05, 0) is 38.0 Å². The lowest BCUT2D eigenvalue weighted by Gasteiger charge is -2.22. The zero-order valence-electron chi connectivity index (χ0n) is 12.5. The Labute approximate surface area is 128 Å². The Morgan fingerprint density at radius 1 is 1.27 bits per heavy atom. The topological polar surface area (TPSA) is 50.5 Å². The van der Waals surface area contributed by atoms with Crippen molar-refractivity contribution in [3.63, 3.8) is 0 Å². The maximum Gasteiger partial charge on any atom is 0.277 e. The van der Waals surface area contributed by atoms with E-state index >= 15 is 0 Å². The Morgan fingerprint density at radius 3 is 2.95 bits per heavy atom. The van der Waals surface area contributed by atoms with Crippen LogP contribution < -0.4 is 4.90 Å². The number of para-hydroxylation sites is 1. The highest BCUT2D eigenvalue weighted by atomic mass is 16.2. The van der Waals surface area contributed by atoms with E-state index in [1.165, 1.54) is 5.56 Å². The Balaban J connectivity index is 1.84. The monoisotopic (exact) mass is 292 g/mol. The largest absolute Gasteiger partial charge is 0.304 e. The molecule has 0 saturated carbocycles. The van der Waals surface area contributed by atoms with Crippen LogP contribution in [0.1, 0.15) is 28.7 Å².